The molecule has 1 N–H and O–H groups in total. The first-order valence-electron chi connectivity index (χ1n) is 4.15. The van der Waals surface area contributed by atoms with Crippen LogP contribution in [0.1, 0.15) is 20.3 Å². The first-order chi connectivity index (χ1) is 5.61. The Morgan fingerprint density at radius 3 is 3.08 bits per heavy atom. The van der Waals surface area contributed by atoms with Gasteiger partial charge in [-0.25, -0.2) is 4.79 Å². The van der Waals surface area contributed by atoms with E-state index in [0.29, 0.717) is 0 Å². The van der Waals surface area contributed by atoms with Crippen LogP contribution in [0.5, 0.6) is 0 Å². The molecule has 0 aromatic carbocycles. The van der Waals surface area contributed by atoms with E-state index in [4.69, 9.17) is 0 Å². The molecule has 0 aromatic heterocycles. The van der Waals surface area contributed by atoms with Crippen LogP contribution >= 0.6 is 0 Å². The zero-order valence-corrected chi connectivity index (χ0v) is 7.26. The van der Waals surface area contributed by atoms with Gasteiger partial charge in [-0.05, 0) is 26.8 Å². The van der Waals surface area contributed by atoms with Gasteiger partial charge in [0.15, 0.2) is 0 Å². The van der Waals surface area contributed by atoms with Crippen molar-refractivity contribution in [3.63, 3.8) is 0 Å². The number of nitrogens with zero attached hydrogens (tertiary/aromatic N) is 1. The van der Waals surface area contributed by atoms with Crippen molar-refractivity contribution in [2.24, 2.45) is 11.1 Å². The van der Waals surface area contributed by atoms with Crippen molar-refractivity contribution in [1.29, 1.82) is 0 Å². The van der Waals surface area contributed by atoms with Crippen LogP contribution < -0.4 is 5.32 Å². The molecule has 0 aromatic rings. The first-order valence-corrected chi connectivity index (χ1v) is 4.15. The van der Waals surface area contributed by atoms with E-state index in [0.717, 1.165) is 18.7 Å². The molecule has 0 bridgehead atoms. The minimum absolute atomic E-state index is 0.0961. The van der Waals surface area contributed by atoms with Gasteiger partial charge in [-0.15, -0.1) is 0 Å². The fourth-order valence-electron chi connectivity index (χ4n) is 1.76. The maximum Gasteiger partial charge on any atom is 0.343 e. The van der Waals surface area contributed by atoms with E-state index in [-0.39, 0.29) is 17.4 Å². The minimum Gasteiger partial charge on any atom is -0.317 e. The SMILES string of the molecule is CC1(C)NCCC2C(=O)ON=C21. The van der Waals surface area contributed by atoms with Crippen molar-refractivity contribution in [3.8, 4) is 0 Å². The second kappa shape index (κ2) is 2.29. The average molecular weight is 168 g/mol. The van der Waals surface area contributed by atoms with Crippen molar-refractivity contribution < 1.29 is 9.63 Å². The Balaban J connectivity index is 2.31. The highest BCUT2D eigenvalue weighted by atomic mass is 16.7. The number of oxime groups is 1. The van der Waals surface area contributed by atoms with E-state index in [2.05, 4.69) is 15.3 Å². The lowest BCUT2D eigenvalue weighted by Gasteiger charge is -2.32. The standard InChI is InChI=1S/C8H12N2O2/c1-8(2)6-5(3-4-9-8)7(11)12-10-6/h5,9H,3-4H2,1-2H3. The van der Waals surface area contributed by atoms with E-state index in [9.17, 15) is 4.79 Å². The van der Waals surface area contributed by atoms with E-state index < -0.39 is 0 Å². The molecule has 1 unspecified atom stereocenters. The molecule has 4 heteroatoms. The summed E-state index contributed by atoms with van der Waals surface area (Å²) in [4.78, 5) is 15.8. The summed E-state index contributed by atoms with van der Waals surface area (Å²) in [5.74, 6) is -0.291. The van der Waals surface area contributed by atoms with Gasteiger partial charge >= 0.3 is 5.97 Å². The molecule has 1 saturated heterocycles. The molecule has 66 valence electrons. The van der Waals surface area contributed by atoms with Crippen molar-refractivity contribution in [3.05, 3.63) is 0 Å². The molecule has 2 aliphatic rings. The molecule has 0 spiro atoms. The Hall–Kier alpha value is -0.900. The molecule has 0 aliphatic carbocycles. The third kappa shape index (κ3) is 0.948. The van der Waals surface area contributed by atoms with Crippen LogP contribution in [0.3, 0.4) is 0 Å². The van der Waals surface area contributed by atoms with Gasteiger partial charge in [0.2, 0.25) is 0 Å². The summed E-state index contributed by atoms with van der Waals surface area (Å²) < 4.78 is 0. The fourth-order valence-corrected chi connectivity index (χ4v) is 1.76. The number of nitrogens with one attached hydrogen (secondary N) is 1. The van der Waals surface area contributed by atoms with Crippen molar-refractivity contribution >= 4 is 11.7 Å². The van der Waals surface area contributed by atoms with E-state index >= 15 is 0 Å². The monoisotopic (exact) mass is 168 g/mol. The molecule has 4 nitrogen and oxygen atoms in total. The third-order valence-corrected chi connectivity index (χ3v) is 2.49. The fraction of sp³-hybridized carbons (Fsp3) is 0.750. The molecular formula is C8H12N2O2. The maximum atomic E-state index is 11.1. The smallest absolute Gasteiger partial charge is 0.317 e. The third-order valence-electron chi connectivity index (χ3n) is 2.49. The minimum atomic E-state index is -0.195. The highest BCUT2D eigenvalue weighted by Crippen LogP contribution is 2.26. The topological polar surface area (TPSA) is 50.7 Å². The summed E-state index contributed by atoms with van der Waals surface area (Å²) >= 11 is 0. The number of rotatable bonds is 0. The molecule has 0 saturated carbocycles. The van der Waals surface area contributed by atoms with Crippen LogP contribution in [0.25, 0.3) is 0 Å². The Labute approximate surface area is 71.0 Å². The van der Waals surface area contributed by atoms with Crippen molar-refractivity contribution in [2.75, 3.05) is 6.54 Å². The second-order valence-electron chi connectivity index (χ2n) is 3.78. The largest absolute Gasteiger partial charge is 0.343 e. The molecule has 0 amide bonds. The van der Waals surface area contributed by atoms with Gasteiger partial charge in [-0.3, -0.25) is 0 Å². The van der Waals surface area contributed by atoms with Gasteiger partial charge in [0.25, 0.3) is 0 Å². The average Bonchev–Trinajstić information content (AvgIpc) is 2.33. The second-order valence-corrected chi connectivity index (χ2v) is 3.78. The lowest BCUT2D eigenvalue weighted by Crippen LogP contribution is -2.54. The Morgan fingerprint density at radius 2 is 2.42 bits per heavy atom. The lowest BCUT2D eigenvalue weighted by molar-refractivity contribution is -0.143. The van der Waals surface area contributed by atoms with Crippen LogP contribution in [0.4, 0.5) is 0 Å². The molecule has 1 atom stereocenters. The summed E-state index contributed by atoms with van der Waals surface area (Å²) in [6.45, 7) is 4.88. The number of fused-ring (bicyclic) bond motifs is 1. The molecule has 0 radical (unpaired) electrons. The molecular weight excluding hydrogens is 156 g/mol. The summed E-state index contributed by atoms with van der Waals surface area (Å²) in [6, 6.07) is 0. The normalized spacial score (nSPS) is 32.3. The van der Waals surface area contributed by atoms with Gasteiger partial charge in [0, 0.05) is 0 Å². The van der Waals surface area contributed by atoms with Gasteiger partial charge in [0.05, 0.1) is 11.3 Å². The summed E-state index contributed by atoms with van der Waals surface area (Å²) in [7, 11) is 0. The Morgan fingerprint density at radius 1 is 1.67 bits per heavy atom. The molecule has 2 aliphatic heterocycles. The van der Waals surface area contributed by atoms with E-state index in [1.54, 1.807) is 0 Å². The number of hydrogen-bond acceptors (Lipinski definition) is 4. The van der Waals surface area contributed by atoms with Crippen LogP contribution in [-0.2, 0) is 9.63 Å². The number of carbonyl (C=O) groups is 1. The zero-order chi connectivity index (χ0) is 8.77. The zero-order valence-electron chi connectivity index (χ0n) is 7.26. The summed E-state index contributed by atoms with van der Waals surface area (Å²) in [6.07, 6.45) is 0.807. The lowest BCUT2D eigenvalue weighted by atomic mass is 9.83. The van der Waals surface area contributed by atoms with Crippen LogP contribution in [0.15, 0.2) is 5.16 Å². The molecule has 2 heterocycles. The predicted octanol–water partition coefficient (Wildman–Crippen LogP) is 0.287. The number of carbonyl (C=O) groups excluding carboxylic acids is 1. The van der Waals surface area contributed by atoms with E-state index in [1.807, 2.05) is 13.8 Å². The van der Waals surface area contributed by atoms with Gasteiger partial charge in [-0.1, -0.05) is 5.16 Å². The Kier molecular flexibility index (Phi) is 1.48. The first kappa shape index (κ1) is 7.73. The van der Waals surface area contributed by atoms with Crippen LogP contribution in [0.2, 0.25) is 0 Å². The summed E-state index contributed by atoms with van der Waals surface area (Å²) in [5.41, 5.74) is 0.661. The van der Waals surface area contributed by atoms with Gasteiger partial charge in [0.1, 0.15) is 5.92 Å². The van der Waals surface area contributed by atoms with Gasteiger partial charge in [-0.2, -0.15) is 0 Å². The van der Waals surface area contributed by atoms with Crippen molar-refractivity contribution in [1.82, 2.24) is 5.32 Å². The van der Waals surface area contributed by atoms with E-state index in [1.165, 1.54) is 0 Å². The molecule has 12 heavy (non-hydrogen) atoms. The number of hydrogen-bond donors (Lipinski definition) is 1. The quantitative estimate of drug-likeness (QED) is 0.529. The highest BCUT2D eigenvalue weighted by Gasteiger charge is 2.43. The van der Waals surface area contributed by atoms with Crippen molar-refractivity contribution in [2.45, 2.75) is 25.8 Å². The van der Waals surface area contributed by atoms with Gasteiger partial charge < -0.3 is 10.2 Å². The predicted molar refractivity (Wildman–Crippen MR) is 43.7 cm³/mol. The number of piperidine rings is 1. The highest BCUT2D eigenvalue weighted by molar-refractivity contribution is 6.09. The maximum absolute atomic E-state index is 11.1. The molecule has 2 rings (SSSR count). The van der Waals surface area contributed by atoms with Crippen LogP contribution in [-0.4, -0.2) is 23.8 Å². The Bertz CT molecular complexity index is 258. The molecule has 1 fully saturated rings. The van der Waals surface area contributed by atoms with Crippen LogP contribution in [0, 0.1) is 5.92 Å². The summed E-state index contributed by atoms with van der Waals surface area (Å²) in [5, 5.41) is 7.08.